The number of hydrogen-bond donors (Lipinski definition) is 2. The Bertz CT molecular complexity index is 1240. The van der Waals surface area contributed by atoms with Crippen LogP contribution >= 0.6 is 11.6 Å². The quantitative estimate of drug-likeness (QED) is 0.574. The number of para-hydroxylation sites is 1. The number of halogens is 1. The Morgan fingerprint density at radius 3 is 2.72 bits per heavy atom. The van der Waals surface area contributed by atoms with Crippen molar-refractivity contribution in [3.05, 3.63) is 53.3 Å². The molecule has 1 aliphatic heterocycles. The Morgan fingerprint density at radius 2 is 1.94 bits per heavy atom. The highest BCUT2D eigenvalue weighted by Gasteiger charge is 2.51. The molecule has 10 heteroatoms. The standard InChI is InChI=1S/C22H21ClN6O3/c23-16-6-3-7-17(25-16)26-22(32)20-12-8-9-13(10-12)29(20)18(30)11-28-15-5-2-1-4-14(15)19(27-28)21(24)31/h1-7,12-13,20H,8-11H2,(H2,24,31)(H,25,26,32)/t12-,13+,20-/m1/s1. The summed E-state index contributed by atoms with van der Waals surface area (Å²) in [5.74, 6) is -0.705. The molecule has 1 saturated carbocycles. The lowest BCUT2D eigenvalue weighted by atomic mass is 9.97. The predicted molar refractivity (Wildman–Crippen MR) is 118 cm³/mol. The zero-order chi connectivity index (χ0) is 22.4. The Morgan fingerprint density at radius 1 is 1.12 bits per heavy atom. The summed E-state index contributed by atoms with van der Waals surface area (Å²) in [5, 5.41) is 7.95. The van der Waals surface area contributed by atoms with Crippen LogP contribution in [-0.4, -0.2) is 49.5 Å². The number of nitrogens with one attached hydrogen (secondary N) is 1. The molecule has 2 aliphatic rings. The van der Waals surface area contributed by atoms with E-state index >= 15 is 0 Å². The number of fused-ring (bicyclic) bond motifs is 3. The van der Waals surface area contributed by atoms with Crippen molar-refractivity contribution in [1.29, 1.82) is 0 Å². The smallest absolute Gasteiger partial charge is 0.269 e. The molecule has 5 rings (SSSR count). The fourth-order valence-corrected chi connectivity index (χ4v) is 5.17. The average molecular weight is 453 g/mol. The van der Waals surface area contributed by atoms with Crippen molar-refractivity contribution < 1.29 is 14.4 Å². The number of rotatable bonds is 5. The van der Waals surface area contributed by atoms with E-state index < -0.39 is 11.9 Å². The van der Waals surface area contributed by atoms with Crippen molar-refractivity contribution in [1.82, 2.24) is 19.7 Å². The molecule has 3 amide bonds. The van der Waals surface area contributed by atoms with Gasteiger partial charge in [-0.05, 0) is 43.4 Å². The second kappa shape index (κ2) is 7.90. The molecule has 3 aromatic rings. The Kier molecular flexibility index (Phi) is 5.05. The van der Waals surface area contributed by atoms with Crippen LogP contribution in [0.15, 0.2) is 42.5 Å². The van der Waals surface area contributed by atoms with E-state index in [-0.39, 0.29) is 41.2 Å². The summed E-state index contributed by atoms with van der Waals surface area (Å²) in [4.78, 5) is 44.1. The number of likely N-dealkylation sites (tertiary alicyclic amines) is 1. The normalized spacial score (nSPS) is 21.8. The van der Waals surface area contributed by atoms with Gasteiger partial charge >= 0.3 is 0 Å². The first-order chi connectivity index (χ1) is 15.4. The summed E-state index contributed by atoms with van der Waals surface area (Å²) in [6, 6.07) is 11.5. The molecule has 0 unspecified atom stereocenters. The number of carbonyl (C=O) groups is 3. The maximum atomic E-state index is 13.4. The van der Waals surface area contributed by atoms with Crippen molar-refractivity contribution in [2.75, 3.05) is 5.32 Å². The van der Waals surface area contributed by atoms with Gasteiger partial charge < -0.3 is 16.0 Å². The lowest BCUT2D eigenvalue weighted by Gasteiger charge is -2.34. The first-order valence-electron chi connectivity index (χ1n) is 10.4. The summed E-state index contributed by atoms with van der Waals surface area (Å²) in [5.41, 5.74) is 6.23. The summed E-state index contributed by atoms with van der Waals surface area (Å²) in [6.07, 6.45) is 2.55. The van der Waals surface area contributed by atoms with E-state index in [1.54, 1.807) is 41.3 Å². The van der Waals surface area contributed by atoms with Crippen LogP contribution in [0.1, 0.15) is 29.8 Å². The van der Waals surface area contributed by atoms with Gasteiger partial charge in [0.15, 0.2) is 5.69 Å². The van der Waals surface area contributed by atoms with Gasteiger partial charge in [0.2, 0.25) is 11.8 Å². The van der Waals surface area contributed by atoms with Gasteiger partial charge in [0, 0.05) is 11.4 Å². The van der Waals surface area contributed by atoms with E-state index in [2.05, 4.69) is 15.4 Å². The number of nitrogens with two attached hydrogens (primary N) is 1. The van der Waals surface area contributed by atoms with Gasteiger partial charge in [-0.25, -0.2) is 4.98 Å². The topological polar surface area (TPSA) is 123 Å². The minimum Gasteiger partial charge on any atom is -0.364 e. The van der Waals surface area contributed by atoms with Crippen LogP contribution < -0.4 is 11.1 Å². The van der Waals surface area contributed by atoms with Gasteiger partial charge in [0.25, 0.3) is 5.91 Å². The zero-order valence-electron chi connectivity index (χ0n) is 17.1. The summed E-state index contributed by atoms with van der Waals surface area (Å²) in [7, 11) is 0. The van der Waals surface area contributed by atoms with Crippen LogP contribution in [0, 0.1) is 5.92 Å². The van der Waals surface area contributed by atoms with Gasteiger partial charge in [-0.2, -0.15) is 5.10 Å². The van der Waals surface area contributed by atoms with Crippen LogP contribution in [0.2, 0.25) is 5.15 Å². The maximum absolute atomic E-state index is 13.4. The van der Waals surface area contributed by atoms with Crippen molar-refractivity contribution in [3.63, 3.8) is 0 Å². The Labute approximate surface area is 188 Å². The van der Waals surface area contributed by atoms with E-state index in [4.69, 9.17) is 17.3 Å². The lowest BCUT2D eigenvalue weighted by Crippen LogP contribution is -2.52. The molecule has 1 saturated heterocycles. The van der Waals surface area contributed by atoms with E-state index in [9.17, 15) is 14.4 Å². The Hall–Kier alpha value is -3.46. The molecule has 3 atom stereocenters. The highest BCUT2D eigenvalue weighted by Crippen LogP contribution is 2.43. The van der Waals surface area contributed by atoms with Gasteiger partial charge in [-0.1, -0.05) is 35.9 Å². The molecule has 3 heterocycles. The monoisotopic (exact) mass is 452 g/mol. The number of nitrogens with zero attached hydrogens (tertiary/aromatic N) is 4. The van der Waals surface area contributed by atoms with Crippen LogP contribution in [-0.2, 0) is 16.1 Å². The zero-order valence-corrected chi connectivity index (χ0v) is 17.8. The van der Waals surface area contributed by atoms with Crippen molar-refractivity contribution >= 4 is 46.0 Å². The molecule has 0 radical (unpaired) electrons. The lowest BCUT2D eigenvalue weighted by molar-refractivity contribution is -0.141. The van der Waals surface area contributed by atoms with Crippen LogP contribution in [0.4, 0.5) is 5.82 Å². The van der Waals surface area contributed by atoms with Crippen LogP contribution in [0.3, 0.4) is 0 Å². The maximum Gasteiger partial charge on any atom is 0.269 e. The fourth-order valence-electron chi connectivity index (χ4n) is 5.00. The average Bonchev–Trinajstić information content (AvgIpc) is 3.47. The molecule has 2 aromatic heterocycles. The summed E-state index contributed by atoms with van der Waals surface area (Å²) < 4.78 is 1.48. The number of primary amides is 1. The van der Waals surface area contributed by atoms with E-state index in [1.807, 2.05) is 6.07 Å². The van der Waals surface area contributed by atoms with E-state index in [0.29, 0.717) is 16.7 Å². The first kappa shape index (κ1) is 20.4. The molecule has 9 nitrogen and oxygen atoms in total. The molecule has 1 aromatic carbocycles. The molecular formula is C22H21ClN6O3. The molecule has 32 heavy (non-hydrogen) atoms. The molecule has 1 aliphatic carbocycles. The SMILES string of the molecule is NC(=O)c1nn(CC(=O)N2[C@H]3CC[C@H](C3)[C@@H]2C(=O)Nc2cccc(Cl)n2)c2ccccc12. The number of aromatic nitrogens is 3. The molecule has 2 bridgehead atoms. The van der Waals surface area contributed by atoms with Crippen LogP contribution in [0.5, 0.6) is 0 Å². The molecule has 3 N–H and O–H groups in total. The highest BCUT2D eigenvalue weighted by molar-refractivity contribution is 6.29. The third-order valence-electron chi connectivity index (χ3n) is 6.28. The first-order valence-corrected chi connectivity index (χ1v) is 10.8. The van der Waals surface area contributed by atoms with Gasteiger partial charge in [-0.3, -0.25) is 19.1 Å². The molecule has 2 fully saturated rings. The largest absolute Gasteiger partial charge is 0.364 e. The van der Waals surface area contributed by atoms with Crippen molar-refractivity contribution in [3.8, 4) is 0 Å². The van der Waals surface area contributed by atoms with Crippen molar-refractivity contribution in [2.45, 2.75) is 37.9 Å². The third-order valence-corrected chi connectivity index (χ3v) is 6.49. The summed E-state index contributed by atoms with van der Waals surface area (Å²) in [6.45, 7) is -0.0871. The Balaban J connectivity index is 1.41. The number of amides is 3. The number of piperidine rings is 1. The number of carbonyl (C=O) groups excluding carboxylic acids is 3. The molecule has 164 valence electrons. The van der Waals surface area contributed by atoms with Gasteiger partial charge in [0.1, 0.15) is 23.6 Å². The minimum atomic E-state index is -0.654. The van der Waals surface area contributed by atoms with Crippen LogP contribution in [0.25, 0.3) is 10.9 Å². The van der Waals surface area contributed by atoms with Crippen molar-refractivity contribution in [2.24, 2.45) is 11.7 Å². The van der Waals surface area contributed by atoms with E-state index in [1.165, 1.54) is 4.68 Å². The second-order valence-electron chi connectivity index (χ2n) is 8.20. The molecule has 0 spiro atoms. The van der Waals surface area contributed by atoms with E-state index in [0.717, 1.165) is 19.3 Å². The predicted octanol–water partition coefficient (Wildman–Crippen LogP) is 2.20. The molecular weight excluding hydrogens is 432 g/mol. The second-order valence-corrected chi connectivity index (χ2v) is 8.58. The fraction of sp³-hybridized carbons (Fsp3) is 0.318. The minimum absolute atomic E-state index is 0.00741. The number of hydrogen-bond acceptors (Lipinski definition) is 5. The third kappa shape index (κ3) is 3.48. The number of benzene rings is 1. The number of pyridine rings is 1. The summed E-state index contributed by atoms with van der Waals surface area (Å²) >= 11 is 5.92. The highest BCUT2D eigenvalue weighted by atomic mass is 35.5. The van der Waals surface area contributed by atoms with Gasteiger partial charge in [0.05, 0.1) is 5.52 Å². The number of anilines is 1. The van der Waals surface area contributed by atoms with Gasteiger partial charge in [-0.15, -0.1) is 0 Å².